The molecular weight excluding hydrogens is 364 g/mol. The van der Waals surface area contributed by atoms with E-state index in [0.717, 1.165) is 26.2 Å². The van der Waals surface area contributed by atoms with Crippen LogP contribution in [0.3, 0.4) is 0 Å². The number of nitrogens with zero attached hydrogens (tertiary/aromatic N) is 2. The largest absolute Gasteiger partial charge is 0.508 e. The number of carbonyl (C=O) groups is 2. The molecule has 8 nitrogen and oxygen atoms in total. The third kappa shape index (κ3) is 13.5. The van der Waals surface area contributed by atoms with Gasteiger partial charge in [-0.2, -0.15) is 0 Å². The fourth-order valence-corrected chi connectivity index (χ4v) is 1.85. The first-order valence-electron chi connectivity index (χ1n) is 9.62. The second-order valence-corrected chi connectivity index (χ2v) is 5.26. The van der Waals surface area contributed by atoms with Gasteiger partial charge in [0, 0.05) is 26.2 Å². The van der Waals surface area contributed by atoms with Gasteiger partial charge in [-0.3, -0.25) is 0 Å². The molecule has 0 aliphatic carbocycles. The molecule has 0 spiro atoms. The molecular formula is C20H36N2O6. The minimum Gasteiger partial charge on any atom is -0.508 e. The van der Waals surface area contributed by atoms with E-state index in [1.54, 1.807) is 23.6 Å². The molecule has 0 bridgehead atoms. The molecule has 28 heavy (non-hydrogen) atoms. The lowest BCUT2D eigenvalue weighted by molar-refractivity contribution is 0.110. The van der Waals surface area contributed by atoms with E-state index in [4.69, 9.17) is 19.7 Å². The van der Waals surface area contributed by atoms with E-state index >= 15 is 0 Å². The number of carbonyl (C=O) groups excluding carboxylic acids is 2. The fourth-order valence-electron chi connectivity index (χ4n) is 1.85. The molecule has 0 heterocycles. The number of phenolic OH excluding ortho intramolecular Hbond substituents is 2. The van der Waals surface area contributed by atoms with Gasteiger partial charge in [0.2, 0.25) is 0 Å². The zero-order valence-corrected chi connectivity index (χ0v) is 18.0. The second-order valence-electron chi connectivity index (χ2n) is 5.26. The standard InChI is InChI=1S/2C7H15NO2.C6H6O2/c2*1-4-8(5-2)7(9)10-6-3;7-5-1-2-6(8)4-3-5/h2*4-6H2,1-3H3;1-4,7-8H. The number of benzene rings is 1. The minimum atomic E-state index is -0.215. The van der Waals surface area contributed by atoms with Crippen molar-refractivity contribution in [1.82, 2.24) is 9.80 Å². The Morgan fingerprint density at radius 2 is 0.929 bits per heavy atom. The highest BCUT2D eigenvalue weighted by Crippen LogP contribution is 2.13. The molecule has 1 aromatic carbocycles. The Balaban J connectivity index is 0. The van der Waals surface area contributed by atoms with Gasteiger partial charge in [-0.1, -0.05) is 0 Å². The predicted molar refractivity (Wildman–Crippen MR) is 110 cm³/mol. The molecule has 0 fully saturated rings. The predicted octanol–water partition coefficient (Wildman–Crippen LogP) is 4.07. The van der Waals surface area contributed by atoms with Gasteiger partial charge in [-0.15, -0.1) is 0 Å². The Kier molecular flexibility index (Phi) is 17.5. The van der Waals surface area contributed by atoms with Gasteiger partial charge in [-0.05, 0) is 65.8 Å². The summed E-state index contributed by atoms with van der Waals surface area (Å²) in [5, 5.41) is 17.3. The summed E-state index contributed by atoms with van der Waals surface area (Å²) in [6.45, 7) is 15.1. The first-order valence-corrected chi connectivity index (χ1v) is 9.62. The van der Waals surface area contributed by atoms with Crippen LogP contribution in [0.5, 0.6) is 11.5 Å². The van der Waals surface area contributed by atoms with Crippen molar-refractivity contribution in [2.24, 2.45) is 0 Å². The van der Waals surface area contributed by atoms with Crippen LogP contribution in [0.1, 0.15) is 41.5 Å². The van der Waals surface area contributed by atoms with E-state index in [9.17, 15) is 9.59 Å². The summed E-state index contributed by atoms with van der Waals surface area (Å²) in [6, 6.07) is 5.70. The topological polar surface area (TPSA) is 99.5 Å². The Hall–Kier alpha value is -2.64. The van der Waals surface area contributed by atoms with Crippen LogP contribution < -0.4 is 0 Å². The average molecular weight is 401 g/mol. The summed E-state index contributed by atoms with van der Waals surface area (Å²) in [4.78, 5) is 25.1. The average Bonchev–Trinajstić information content (AvgIpc) is 2.68. The van der Waals surface area contributed by atoms with Crippen LogP contribution in [-0.2, 0) is 9.47 Å². The molecule has 162 valence electrons. The molecule has 0 aromatic heterocycles. The van der Waals surface area contributed by atoms with Crippen LogP contribution in [0, 0.1) is 0 Å². The lowest BCUT2D eigenvalue weighted by Crippen LogP contribution is -2.30. The Labute approximate surface area is 168 Å². The first kappa shape index (κ1) is 27.6. The van der Waals surface area contributed by atoms with Crippen LogP contribution in [0.15, 0.2) is 24.3 Å². The van der Waals surface area contributed by atoms with Crippen LogP contribution in [-0.4, -0.2) is 71.6 Å². The van der Waals surface area contributed by atoms with Gasteiger partial charge in [0.1, 0.15) is 11.5 Å². The maximum absolute atomic E-state index is 10.9. The summed E-state index contributed by atoms with van der Waals surface area (Å²) >= 11 is 0. The van der Waals surface area contributed by atoms with Crippen molar-refractivity contribution in [3.05, 3.63) is 24.3 Å². The summed E-state index contributed by atoms with van der Waals surface area (Å²) in [5.41, 5.74) is 0. The molecule has 0 saturated carbocycles. The van der Waals surface area contributed by atoms with Crippen molar-refractivity contribution >= 4 is 12.2 Å². The highest BCUT2D eigenvalue weighted by Gasteiger charge is 2.08. The SMILES string of the molecule is CCOC(=O)N(CC)CC.CCOC(=O)N(CC)CC.Oc1ccc(O)cc1. The van der Waals surface area contributed by atoms with Crippen molar-refractivity contribution in [2.45, 2.75) is 41.5 Å². The van der Waals surface area contributed by atoms with Gasteiger partial charge in [0.25, 0.3) is 0 Å². The molecule has 0 saturated heterocycles. The maximum atomic E-state index is 10.9. The zero-order valence-electron chi connectivity index (χ0n) is 18.0. The van der Waals surface area contributed by atoms with Gasteiger partial charge in [0.05, 0.1) is 13.2 Å². The molecule has 1 aromatic rings. The van der Waals surface area contributed by atoms with Crippen LogP contribution in [0.4, 0.5) is 9.59 Å². The smallest absolute Gasteiger partial charge is 0.409 e. The first-order chi connectivity index (χ1) is 13.3. The normalized spacial score (nSPS) is 9.07. The molecule has 2 N–H and O–H groups in total. The van der Waals surface area contributed by atoms with E-state index in [0.29, 0.717) is 13.2 Å². The maximum Gasteiger partial charge on any atom is 0.409 e. The number of hydrogen-bond acceptors (Lipinski definition) is 6. The Bertz CT molecular complexity index is 467. The molecule has 0 aliphatic rings. The van der Waals surface area contributed by atoms with Crippen LogP contribution in [0.2, 0.25) is 0 Å². The van der Waals surface area contributed by atoms with E-state index in [-0.39, 0.29) is 23.7 Å². The van der Waals surface area contributed by atoms with Gasteiger partial charge in [-0.25, -0.2) is 9.59 Å². The molecule has 2 amide bonds. The lowest BCUT2D eigenvalue weighted by Gasteiger charge is -2.16. The summed E-state index contributed by atoms with van der Waals surface area (Å²) in [5.74, 6) is 0.339. The lowest BCUT2D eigenvalue weighted by atomic mass is 10.3. The second kappa shape index (κ2) is 17.8. The van der Waals surface area contributed by atoms with Crippen LogP contribution >= 0.6 is 0 Å². The minimum absolute atomic E-state index is 0.169. The van der Waals surface area contributed by atoms with Crippen molar-refractivity contribution in [3.63, 3.8) is 0 Å². The van der Waals surface area contributed by atoms with Gasteiger partial charge in [0.15, 0.2) is 0 Å². The van der Waals surface area contributed by atoms with E-state index in [1.807, 2.05) is 27.7 Å². The van der Waals surface area contributed by atoms with Gasteiger partial charge < -0.3 is 29.5 Å². The number of rotatable bonds is 6. The highest BCUT2D eigenvalue weighted by molar-refractivity contribution is 5.67. The Morgan fingerprint density at radius 1 is 0.679 bits per heavy atom. The number of hydrogen-bond donors (Lipinski definition) is 2. The Morgan fingerprint density at radius 3 is 1.11 bits per heavy atom. The van der Waals surface area contributed by atoms with Crippen molar-refractivity contribution < 1.29 is 29.3 Å². The number of phenols is 2. The third-order valence-corrected chi connectivity index (χ3v) is 3.43. The number of amides is 2. The zero-order chi connectivity index (χ0) is 21.9. The van der Waals surface area contributed by atoms with E-state index < -0.39 is 0 Å². The monoisotopic (exact) mass is 400 g/mol. The molecule has 0 unspecified atom stereocenters. The molecule has 8 heteroatoms. The molecule has 1 rings (SSSR count). The molecule has 0 radical (unpaired) electrons. The third-order valence-electron chi connectivity index (χ3n) is 3.43. The summed E-state index contributed by atoms with van der Waals surface area (Å²) in [6.07, 6.45) is -0.431. The fraction of sp³-hybridized carbons (Fsp3) is 0.600. The van der Waals surface area contributed by atoms with E-state index in [2.05, 4.69) is 0 Å². The highest BCUT2D eigenvalue weighted by atomic mass is 16.6. The molecule has 0 atom stereocenters. The number of aromatic hydroxyl groups is 2. The van der Waals surface area contributed by atoms with Crippen molar-refractivity contribution in [1.29, 1.82) is 0 Å². The summed E-state index contributed by atoms with van der Waals surface area (Å²) < 4.78 is 9.55. The van der Waals surface area contributed by atoms with Crippen LogP contribution in [0.25, 0.3) is 0 Å². The van der Waals surface area contributed by atoms with E-state index in [1.165, 1.54) is 24.3 Å². The van der Waals surface area contributed by atoms with Crippen molar-refractivity contribution in [3.8, 4) is 11.5 Å². The molecule has 0 aliphatic heterocycles. The summed E-state index contributed by atoms with van der Waals surface area (Å²) in [7, 11) is 0. The quantitative estimate of drug-likeness (QED) is 0.699. The van der Waals surface area contributed by atoms with Crippen molar-refractivity contribution in [2.75, 3.05) is 39.4 Å². The van der Waals surface area contributed by atoms with Gasteiger partial charge >= 0.3 is 12.2 Å². The number of ether oxygens (including phenoxy) is 2.